The highest BCUT2D eigenvalue weighted by Gasteiger charge is 2.05. The van der Waals surface area contributed by atoms with E-state index in [4.69, 9.17) is 4.74 Å². The first-order valence-corrected chi connectivity index (χ1v) is 6.62. The molecule has 20 heavy (non-hydrogen) atoms. The quantitative estimate of drug-likeness (QED) is 0.772. The van der Waals surface area contributed by atoms with E-state index in [-0.39, 0.29) is 0 Å². The maximum absolute atomic E-state index is 5.15. The molecule has 0 aliphatic carbocycles. The Morgan fingerprint density at radius 2 is 1.90 bits per heavy atom. The first-order valence-electron chi connectivity index (χ1n) is 6.62. The SMILES string of the molecule is COc1ccc(CCCc2ncnc3nc[nH]c23)cc1. The molecule has 1 aromatic carbocycles. The van der Waals surface area contributed by atoms with Crippen LogP contribution in [0.1, 0.15) is 17.7 Å². The minimum absolute atomic E-state index is 0.736. The van der Waals surface area contributed by atoms with Gasteiger partial charge in [0.1, 0.15) is 17.6 Å². The van der Waals surface area contributed by atoms with Crippen LogP contribution in [0, 0.1) is 0 Å². The van der Waals surface area contributed by atoms with Crippen molar-refractivity contribution >= 4 is 11.2 Å². The summed E-state index contributed by atoms with van der Waals surface area (Å²) in [5, 5.41) is 0. The van der Waals surface area contributed by atoms with Gasteiger partial charge in [-0.1, -0.05) is 12.1 Å². The van der Waals surface area contributed by atoms with Gasteiger partial charge in [-0.05, 0) is 37.0 Å². The standard InChI is InChI=1S/C15H16N4O/c1-20-12-7-5-11(6-8-12)3-2-4-13-14-15(18-9-16-13)19-10-17-14/h5-10H,2-4H2,1H3,(H,16,17,18,19). The van der Waals surface area contributed by atoms with Gasteiger partial charge in [-0.25, -0.2) is 15.0 Å². The second-order valence-corrected chi connectivity index (χ2v) is 4.62. The minimum atomic E-state index is 0.736. The average Bonchev–Trinajstić information content (AvgIpc) is 2.97. The first kappa shape index (κ1) is 12.6. The van der Waals surface area contributed by atoms with Crippen molar-refractivity contribution in [2.45, 2.75) is 19.3 Å². The number of rotatable bonds is 5. The van der Waals surface area contributed by atoms with Crippen LogP contribution < -0.4 is 4.74 Å². The van der Waals surface area contributed by atoms with Crippen molar-refractivity contribution in [3.05, 3.63) is 48.2 Å². The van der Waals surface area contributed by atoms with Gasteiger partial charge in [0, 0.05) is 0 Å². The monoisotopic (exact) mass is 268 g/mol. The molecule has 1 N–H and O–H groups in total. The molecule has 0 fully saturated rings. The van der Waals surface area contributed by atoms with E-state index in [0.717, 1.165) is 41.9 Å². The maximum atomic E-state index is 5.15. The van der Waals surface area contributed by atoms with E-state index in [1.165, 1.54) is 5.56 Å². The number of methoxy groups -OCH3 is 1. The summed E-state index contributed by atoms with van der Waals surface area (Å²) >= 11 is 0. The van der Waals surface area contributed by atoms with E-state index in [9.17, 15) is 0 Å². The van der Waals surface area contributed by atoms with Gasteiger partial charge >= 0.3 is 0 Å². The lowest BCUT2D eigenvalue weighted by Gasteiger charge is -2.04. The molecule has 0 unspecified atom stereocenters. The smallest absolute Gasteiger partial charge is 0.180 e. The Balaban J connectivity index is 1.63. The molecule has 3 aromatic rings. The Kier molecular flexibility index (Phi) is 3.58. The summed E-state index contributed by atoms with van der Waals surface area (Å²) in [4.78, 5) is 15.7. The molecule has 0 aliphatic rings. The average molecular weight is 268 g/mol. The summed E-state index contributed by atoms with van der Waals surface area (Å²) in [6.45, 7) is 0. The van der Waals surface area contributed by atoms with Crippen LogP contribution >= 0.6 is 0 Å². The number of aromatic amines is 1. The number of H-pyrrole nitrogens is 1. The van der Waals surface area contributed by atoms with Crippen molar-refractivity contribution in [2.75, 3.05) is 7.11 Å². The molecule has 2 heterocycles. The van der Waals surface area contributed by atoms with Gasteiger partial charge in [-0.2, -0.15) is 0 Å². The molecule has 2 aromatic heterocycles. The Hall–Kier alpha value is -2.43. The van der Waals surface area contributed by atoms with E-state index in [1.54, 1.807) is 19.8 Å². The van der Waals surface area contributed by atoms with E-state index in [1.807, 2.05) is 12.1 Å². The number of hydrogen-bond acceptors (Lipinski definition) is 4. The molecule has 3 rings (SSSR count). The topological polar surface area (TPSA) is 63.7 Å². The van der Waals surface area contributed by atoms with Crippen molar-refractivity contribution in [1.29, 1.82) is 0 Å². The van der Waals surface area contributed by atoms with Crippen LogP contribution in [0.25, 0.3) is 11.2 Å². The van der Waals surface area contributed by atoms with Gasteiger partial charge in [0.15, 0.2) is 5.65 Å². The highest BCUT2D eigenvalue weighted by atomic mass is 16.5. The number of benzene rings is 1. The van der Waals surface area contributed by atoms with Gasteiger partial charge in [0.25, 0.3) is 0 Å². The molecular weight excluding hydrogens is 252 g/mol. The summed E-state index contributed by atoms with van der Waals surface area (Å²) in [5.74, 6) is 0.892. The van der Waals surface area contributed by atoms with Crippen LogP contribution in [-0.4, -0.2) is 27.0 Å². The molecule has 0 radical (unpaired) electrons. The van der Waals surface area contributed by atoms with Crippen LogP contribution in [0.2, 0.25) is 0 Å². The van der Waals surface area contributed by atoms with Crippen LogP contribution in [0.4, 0.5) is 0 Å². The zero-order valence-corrected chi connectivity index (χ0v) is 11.3. The summed E-state index contributed by atoms with van der Waals surface area (Å²) in [6.07, 6.45) is 6.20. The molecular formula is C15H16N4O. The number of ether oxygens (including phenoxy) is 1. The number of imidazole rings is 1. The van der Waals surface area contributed by atoms with Crippen molar-refractivity contribution < 1.29 is 4.74 Å². The number of aromatic nitrogens is 4. The molecule has 0 saturated carbocycles. The summed E-state index contributed by atoms with van der Waals surface area (Å²) in [7, 11) is 1.68. The van der Waals surface area contributed by atoms with Crippen molar-refractivity contribution in [3.63, 3.8) is 0 Å². The summed E-state index contributed by atoms with van der Waals surface area (Å²) < 4.78 is 5.15. The lowest BCUT2D eigenvalue weighted by Crippen LogP contribution is -1.96. The van der Waals surface area contributed by atoms with E-state index < -0.39 is 0 Å². The third kappa shape index (κ3) is 2.61. The zero-order chi connectivity index (χ0) is 13.8. The Bertz CT molecular complexity index is 690. The molecule has 0 aliphatic heterocycles. The fraction of sp³-hybridized carbons (Fsp3) is 0.267. The van der Waals surface area contributed by atoms with Crippen molar-refractivity contribution in [1.82, 2.24) is 19.9 Å². The second-order valence-electron chi connectivity index (χ2n) is 4.62. The Labute approximate surface area is 117 Å². The van der Waals surface area contributed by atoms with Crippen LogP contribution in [0.15, 0.2) is 36.9 Å². The predicted octanol–water partition coefficient (Wildman–Crippen LogP) is 2.54. The minimum Gasteiger partial charge on any atom is -0.497 e. The normalized spacial score (nSPS) is 10.8. The summed E-state index contributed by atoms with van der Waals surface area (Å²) in [5.41, 5.74) is 4.02. The molecule has 0 atom stereocenters. The van der Waals surface area contributed by atoms with Gasteiger partial charge in [0.2, 0.25) is 0 Å². The number of hydrogen-bond donors (Lipinski definition) is 1. The van der Waals surface area contributed by atoms with Crippen molar-refractivity contribution in [2.24, 2.45) is 0 Å². The number of nitrogens with zero attached hydrogens (tertiary/aromatic N) is 3. The molecule has 0 spiro atoms. The molecule has 102 valence electrons. The number of fused-ring (bicyclic) bond motifs is 1. The van der Waals surface area contributed by atoms with Crippen LogP contribution in [0.5, 0.6) is 5.75 Å². The second kappa shape index (κ2) is 5.69. The predicted molar refractivity (Wildman–Crippen MR) is 76.7 cm³/mol. The third-order valence-corrected chi connectivity index (χ3v) is 3.34. The Morgan fingerprint density at radius 3 is 2.70 bits per heavy atom. The van der Waals surface area contributed by atoms with Crippen LogP contribution in [-0.2, 0) is 12.8 Å². The highest BCUT2D eigenvalue weighted by Crippen LogP contribution is 2.15. The fourth-order valence-corrected chi connectivity index (χ4v) is 2.26. The van der Waals surface area contributed by atoms with E-state index >= 15 is 0 Å². The van der Waals surface area contributed by atoms with Gasteiger partial charge in [-0.3, -0.25) is 0 Å². The number of nitrogens with one attached hydrogen (secondary N) is 1. The van der Waals surface area contributed by atoms with Gasteiger partial charge < -0.3 is 9.72 Å². The molecule has 5 nitrogen and oxygen atoms in total. The third-order valence-electron chi connectivity index (χ3n) is 3.34. The van der Waals surface area contributed by atoms with Gasteiger partial charge in [0.05, 0.1) is 19.1 Å². The first-order chi connectivity index (χ1) is 9.86. The maximum Gasteiger partial charge on any atom is 0.180 e. The lowest BCUT2D eigenvalue weighted by atomic mass is 10.1. The Morgan fingerprint density at radius 1 is 1.05 bits per heavy atom. The van der Waals surface area contributed by atoms with Crippen molar-refractivity contribution in [3.8, 4) is 5.75 Å². The molecule has 0 amide bonds. The van der Waals surface area contributed by atoms with Crippen LogP contribution in [0.3, 0.4) is 0 Å². The van der Waals surface area contributed by atoms with E-state index in [2.05, 4.69) is 32.1 Å². The zero-order valence-electron chi connectivity index (χ0n) is 11.3. The summed E-state index contributed by atoms with van der Waals surface area (Å²) in [6, 6.07) is 8.19. The number of aryl methyl sites for hydroxylation is 2. The largest absolute Gasteiger partial charge is 0.497 e. The molecule has 0 bridgehead atoms. The fourth-order valence-electron chi connectivity index (χ4n) is 2.26. The molecule has 0 saturated heterocycles. The lowest BCUT2D eigenvalue weighted by molar-refractivity contribution is 0.414. The van der Waals surface area contributed by atoms with E-state index in [0.29, 0.717) is 0 Å². The van der Waals surface area contributed by atoms with Gasteiger partial charge in [-0.15, -0.1) is 0 Å². The molecule has 5 heteroatoms. The highest BCUT2D eigenvalue weighted by molar-refractivity contribution is 5.71.